The van der Waals surface area contributed by atoms with E-state index in [-0.39, 0.29) is 28.7 Å². The van der Waals surface area contributed by atoms with Crippen LogP contribution in [0.5, 0.6) is 23.0 Å². The first-order valence-electron chi connectivity index (χ1n) is 13.6. The van der Waals surface area contributed by atoms with Crippen LogP contribution in [0.1, 0.15) is 69.2 Å². The molecule has 2 aliphatic heterocycles. The van der Waals surface area contributed by atoms with Crippen LogP contribution in [0, 0.1) is 31.1 Å². The maximum absolute atomic E-state index is 12.5. The quantitative estimate of drug-likeness (QED) is 0.396. The van der Waals surface area contributed by atoms with Crippen LogP contribution < -0.4 is 14.9 Å². The topological polar surface area (TPSA) is 96.2 Å². The molecule has 3 aliphatic rings. The molecule has 38 heavy (non-hydrogen) atoms. The van der Waals surface area contributed by atoms with Crippen LogP contribution in [-0.2, 0) is 12.8 Å². The third-order valence-electron chi connectivity index (χ3n) is 9.34. The van der Waals surface area contributed by atoms with E-state index in [1.165, 1.54) is 12.1 Å². The van der Waals surface area contributed by atoms with Crippen molar-refractivity contribution in [1.29, 1.82) is 0 Å². The number of phenolic OH excluding ortho intramolecular Hbond substituents is 1. The van der Waals surface area contributed by atoms with Crippen LogP contribution in [-0.4, -0.2) is 32.6 Å². The fraction of sp³-hybridized carbons (Fsp3) is 0.531. The summed E-state index contributed by atoms with van der Waals surface area (Å²) in [5, 5.41) is 32.4. The second kappa shape index (κ2) is 9.04. The minimum absolute atomic E-state index is 0.00527. The van der Waals surface area contributed by atoms with Crippen molar-refractivity contribution in [3.63, 3.8) is 0 Å². The molecule has 0 saturated heterocycles. The number of aliphatic hydroxyl groups excluding tert-OH is 1. The van der Waals surface area contributed by atoms with Gasteiger partial charge >= 0.3 is 0 Å². The number of allylic oxidation sites excluding steroid dienone is 1. The molecule has 6 nitrogen and oxygen atoms in total. The summed E-state index contributed by atoms with van der Waals surface area (Å²) in [4.78, 5) is 12.5. The van der Waals surface area contributed by atoms with Gasteiger partial charge in [-0.25, -0.2) is 0 Å². The summed E-state index contributed by atoms with van der Waals surface area (Å²) >= 11 is 0. The zero-order valence-electron chi connectivity index (χ0n) is 23.3. The average molecular weight is 521 g/mol. The van der Waals surface area contributed by atoms with E-state index in [0.717, 1.165) is 35.1 Å². The second-order valence-electron chi connectivity index (χ2n) is 12.9. The third kappa shape index (κ3) is 4.57. The van der Waals surface area contributed by atoms with Gasteiger partial charge < -0.3 is 24.8 Å². The number of phenols is 1. The molecule has 5 atom stereocenters. The molecule has 6 heteroatoms. The summed E-state index contributed by atoms with van der Waals surface area (Å²) in [6, 6.07) is 6.33. The van der Waals surface area contributed by atoms with Gasteiger partial charge in [-0.15, -0.1) is 0 Å². The molecule has 2 aromatic rings. The molecule has 3 N–H and O–H groups in total. The number of ether oxygens (including phenoxy) is 2. The second-order valence-corrected chi connectivity index (χ2v) is 12.9. The van der Waals surface area contributed by atoms with Crippen molar-refractivity contribution in [2.45, 2.75) is 91.0 Å². The van der Waals surface area contributed by atoms with Crippen molar-refractivity contribution >= 4 is 0 Å². The van der Waals surface area contributed by atoms with Crippen molar-refractivity contribution in [2.75, 3.05) is 0 Å². The highest BCUT2D eigenvalue weighted by Crippen LogP contribution is 2.50. The van der Waals surface area contributed by atoms with Crippen molar-refractivity contribution < 1.29 is 24.8 Å². The Kier molecular flexibility index (Phi) is 6.33. The number of aryl methyl sites for hydroxylation is 2. The summed E-state index contributed by atoms with van der Waals surface area (Å²) in [5.74, 6) is 1.00. The van der Waals surface area contributed by atoms with E-state index in [1.807, 2.05) is 20.8 Å². The molecule has 0 aromatic heterocycles. The zero-order chi connectivity index (χ0) is 27.6. The Hall–Kier alpha value is -2.99. The molecular formula is C32H40O6. The lowest BCUT2D eigenvalue weighted by molar-refractivity contribution is -0.117. The Balaban J connectivity index is 1.61. The third-order valence-corrected chi connectivity index (χ3v) is 9.34. The van der Waals surface area contributed by atoms with E-state index in [1.54, 1.807) is 12.1 Å². The van der Waals surface area contributed by atoms with Crippen LogP contribution in [0.15, 0.2) is 41.2 Å². The smallest absolute Gasteiger partial charge is 0.223 e. The Labute approximate surface area is 224 Å². The van der Waals surface area contributed by atoms with Crippen LogP contribution in [0.4, 0.5) is 0 Å². The maximum atomic E-state index is 12.5. The van der Waals surface area contributed by atoms with Gasteiger partial charge in [-0.3, -0.25) is 4.79 Å². The predicted octanol–water partition coefficient (Wildman–Crippen LogP) is 5.52. The summed E-state index contributed by atoms with van der Waals surface area (Å²) < 4.78 is 13.3. The molecular weight excluding hydrogens is 480 g/mol. The number of hydrogen-bond donors (Lipinski definition) is 3. The number of fused-ring (bicyclic) bond motifs is 4. The Bertz CT molecular complexity index is 1360. The predicted molar refractivity (Wildman–Crippen MR) is 147 cm³/mol. The van der Waals surface area contributed by atoms with Crippen molar-refractivity contribution in [1.82, 2.24) is 0 Å². The van der Waals surface area contributed by atoms with Gasteiger partial charge in [-0.1, -0.05) is 26.0 Å². The molecule has 0 radical (unpaired) electrons. The minimum atomic E-state index is -0.948. The van der Waals surface area contributed by atoms with Gasteiger partial charge in [-0.2, -0.15) is 0 Å². The molecule has 1 aliphatic carbocycles. The van der Waals surface area contributed by atoms with Gasteiger partial charge in [0.05, 0.1) is 6.10 Å². The molecule has 0 saturated carbocycles. The maximum Gasteiger partial charge on any atom is 0.223 e. The first-order valence-corrected chi connectivity index (χ1v) is 13.6. The van der Waals surface area contributed by atoms with Crippen LogP contribution in [0.3, 0.4) is 0 Å². The van der Waals surface area contributed by atoms with Gasteiger partial charge in [0.2, 0.25) is 5.43 Å². The number of benzene rings is 1. The first-order chi connectivity index (χ1) is 17.7. The standard InChI is InChI=1S/C32H40O6/c1-18-10-22(33)15-27-23(18)12-20-14-29(36)32(6)21(17-30(3,4)8-7-9-31(20,5)37-27)13-24-19(2)11-25(34)26(35)16-28(24)38-32/h7-8,10-11,15-16,20-21,29,33,36H,9,12-14,17H2,1-6H3,(H,34,35)/t20-,21-,29-,31-,32-/m1/s1. The molecule has 0 spiro atoms. The summed E-state index contributed by atoms with van der Waals surface area (Å²) in [6.45, 7) is 12.3. The molecule has 2 heterocycles. The minimum Gasteiger partial charge on any atom is -0.508 e. The lowest BCUT2D eigenvalue weighted by Gasteiger charge is -2.49. The van der Waals surface area contributed by atoms with Crippen molar-refractivity contribution in [3.05, 3.63) is 68.9 Å². The van der Waals surface area contributed by atoms with Crippen LogP contribution in [0.25, 0.3) is 0 Å². The summed E-state index contributed by atoms with van der Waals surface area (Å²) in [7, 11) is 0. The number of aliphatic hydroxyl groups is 1. The van der Waals surface area contributed by atoms with Gasteiger partial charge in [0.25, 0.3) is 0 Å². The highest BCUT2D eigenvalue weighted by atomic mass is 16.5. The van der Waals surface area contributed by atoms with E-state index in [9.17, 15) is 20.1 Å². The lowest BCUT2D eigenvalue weighted by atomic mass is 9.67. The molecule has 5 rings (SSSR count). The van der Waals surface area contributed by atoms with Crippen molar-refractivity contribution in [3.8, 4) is 23.0 Å². The van der Waals surface area contributed by atoms with Gasteiger partial charge in [0.15, 0.2) is 5.75 Å². The largest absolute Gasteiger partial charge is 0.508 e. The van der Waals surface area contributed by atoms with E-state index < -0.39 is 22.7 Å². The van der Waals surface area contributed by atoms with Crippen LogP contribution in [0.2, 0.25) is 0 Å². The number of rotatable bonds is 0. The fourth-order valence-electron chi connectivity index (χ4n) is 6.85. The van der Waals surface area contributed by atoms with E-state index in [4.69, 9.17) is 9.47 Å². The number of hydrogen-bond acceptors (Lipinski definition) is 6. The zero-order valence-corrected chi connectivity index (χ0v) is 23.3. The number of aromatic hydroxyl groups is 2. The summed E-state index contributed by atoms with van der Waals surface area (Å²) in [6.07, 6.45) is 6.90. The molecule has 0 bridgehead atoms. The van der Waals surface area contributed by atoms with Crippen molar-refractivity contribution in [2.24, 2.45) is 17.3 Å². The van der Waals surface area contributed by atoms with E-state index in [0.29, 0.717) is 30.8 Å². The Morgan fingerprint density at radius 1 is 0.868 bits per heavy atom. The molecule has 0 unspecified atom stereocenters. The van der Waals surface area contributed by atoms with Gasteiger partial charge in [0.1, 0.15) is 28.5 Å². The first kappa shape index (κ1) is 26.6. The SMILES string of the molecule is Cc1cc(O)c(=O)cc2c1C[C@@H]1CC(C)(C)C=CC[C@@]3(C)Oc4cc(O)cc(C)c4C[C@@H]3C[C@@H](O)[C@]1(C)O2. The molecule has 0 fully saturated rings. The molecule has 0 amide bonds. The monoisotopic (exact) mass is 520 g/mol. The Morgan fingerprint density at radius 3 is 2.21 bits per heavy atom. The highest BCUT2D eigenvalue weighted by Gasteiger charge is 2.51. The fourth-order valence-corrected chi connectivity index (χ4v) is 6.85. The normalized spacial score (nSPS) is 31.8. The Morgan fingerprint density at radius 2 is 1.50 bits per heavy atom. The lowest BCUT2D eigenvalue weighted by Crippen LogP contribution is -2.57. The molecule has 2 aromatic carbocycles. The van der Waals surface area contributed by atoms with E-state index in [2.05, 4.69) is 32.9 Å². The van der Waals surface area contributed by atoms with Crippen LogP contribution >= 0.6 is 0 Å². The molecule has 204 valence electrons. The van der Waals surface area contributed by atoms with Gasteiger partial charge in [-0.05, 0) is 93.2 Å². The van der Waals surface area contributed by atoms with Gasteiger partial charge in [0, 0.05) is 30.4 Å². The average Bonchev–Trinajstić information content (AvgIpc) is 2.90. The summed E-state index contributed by atoms with van der Waals surface area (Å²) in [5.41, 5.74) is 1.54. The highest BCUT2D eigenvalue weighted by molar-refractivity contribution is 5.48. The van der Waals surface area contributed by atoms with E-state index >= 15 is 0 Å².